The fourth-order valence-electron chi connectivity index (χ4n) is 3.96. The molecule has 0 radical (unpaired) electrons. The highest BCUT2D eigenvalue weighted by molar-refractivity contribution is 5.87. The van der Waals surface area contributed by atoms with E-state index in [1.165, 1.54) is 0 Å². The molecule has 1 N–H and O–H groups in total. The third kappa shape index (κ3) is 4.54. The first-order valence-corrected chi connectivity index (χ1v) is 10.5. The summed E-state index contributed by atoms with van der Waals surface area (Å²) in [5.74, 6) is -0.961. The van der Waals surface area contributed by atoms with E-state index in [9.17, 15) is 10.1 Å². The molecule has 6 nitrogen and oxygen atoms in total. The van der Waals surface area contributed by atoms with Crippen LogP contribution in [0.4, 0.5) is 0 Å². The molecular formula is C27H23N3O3. The second-order valence-electron chi connectivity index (χ2n) is 7.80. The van der Waals surface area contributed by atoms with Gasteiger partial charge in [0.2, 0.25) is 0 Å². The third-order valence-electron chi connectivity index (χ3n) is 5.71. The molecule has 0 aliphatic rings. The van der Waals surface area contributed by atoms with Crippen molar-refractivity contribution in [2.24, 2.45) is 7.05 Å². The molecule has 0 saturated heterocycles. The number of carbonyl (C=O) groups is 1. The van der Waals surface area contributed by atoms with E-state index in [4.69, 9.17) is 9.84 Å². The average Bonchev–Trinajstić information content (AvgIpc) is 3.26. The normalized spacial score (nSPS) is 11.7. The lowest BCUT2D eigenvalue weighted by Gasteiger charge is -2.23. The number of hydrogen-bond acceptors (Lipinski definition) is 4. The minimum Gasteiger partial charge on any atom is -0.478 e. The Morgan fingerprint density at radius 1 is 1.12 bits per heavy atom. The molecule has 0 saturated carbocycles. The summed E-state index contributed by atoms with van der Waals surface area (Å²) < 4.78 is 8.31. The van der Waals surface area contributed by atoms with E-state index >= 15 is 0 Å². The van der Waals surface area contributed by atoms with Gasteiger partial charge in [-0.05, 0) is 47.4 Å². The number of nitriles is 1. The topological polar surface area (TPSA) is 88.1 Å². The summed E-state index contributed by atoms with van der Waals surface area (Å²) in [6.45, 7) is 2.29. The van der Waals surface area contributed by atoms with E-state index in [0.717, 1.165) is 33.5 Å². The van der Waals surface area contributed by atoms with Gasteiger partial charge >= 0.3 is 5.97 Å². The first-order chi connectivity index (χ1) is 16.0. The lowest BCUT2D eigenvalue weighted by Crippen LogP contribution is -2.13. The highest BCUT2D eigenvalue weighted by Crippen LogP contribution is 2.36. The molecule has 1 atom stereocenters. The maximum atomic E-state index is 11.1. The molecule has 164 valence electrons. The fraction of sp³-hybridized carbons (Fsp3) is 0.148. The number of nitrogens with zero attached hydrogens (tertiary/aromatic N) is 3. The van der Waals surface area contributed by atoms with Crippen LogP contribution in [0.1, 0.15) is 44.4 Å². The van der Waals surface area contributed by atoms with E-state index in [0.29, 0.717) is 5.56 Å². The summed E-state index contributed by atoms with van der Waals surface area (Å²) >= 11 is 0. The first-order valence-electron chi connectivity index (χ1n) is 10.5. The quantitative estimate of drug-likeness (QED) is 0.425. The third-order valence-corrected chi connectivity index (χ3v) is 5.71. The van der Waals surface area contributed by atoms with E-state index < -0.39 is 12.1 Å². The number of rotatable bonds is 7. The van der Waals surface area contributed by atoms with Crippen molar-refractivity contribution in [2.75, 3.05) is 0 Å². The van der Waals surface area contributed by atoms with Crippen LogP contribution >= 0.6 is 0 Å². The standard InChI is InChI=1S/C27H23N3O3/c1-18-23(13-12-22(14-28)25(18)20-6-4-3-5-7-20)26(24-15-29-17-30(24)2)33-16-19-8-10-21(11-9-19)27(31)32/h3-13,15,17,26H,16H2,1-2H3,(H,31,32). The second-order valence-corrected chi connectivity index (χ2v) is 7.80. The van der Waals surface area contributed by atoms with Crippen LogP contribution in [-0.4, -0.2) is 20.6 Å². The smallest absolute Gasteiger partial charge is 0.335 e. The van der Waals surface area contributed by atoms with Gasteiger partial charge in [-0.15, -0.1) is 0 Å². The number of benzene rings is 3. The monoisotopic (exact) mass is 437 g/mol. The van der Waals surface area contributed by atoms with Crippen LogP contribution in [0.5, 0.6) is 0 Å². The Kier molecular flexibility index (Phi) is 6.34. The highest BCUT2D eigenvalue weighted by atomic mass is 16.5. The van der Waals surface area contributed by atoms with Crippen LogP contribution in [0, 0.1) is 18.3 Å². The Hall–Kier alpha value is -4.21. The minimum atomic E-state index is -0.961. The summed E-state index contributed by atoms with van der Waals surface area (Å²) in [6, 6.07) is 22.6. The van der Waals surface area contributed by atoms with Crippen LogP contribution in [0.25, 0.3) is 11.1 Å². The maximum Gasteiger partial charge on any atom is 0.335 e. The Morgan fingerprint density at radius 3 is 2.45 bits per heavy atom. The molecule has 1 unspecified atom stereocenters. The zero-order valence-electron chi connectivity index (χ0n) is 18.4. The number of carboxylic acid groups (broad SMARTS) is 1. The summed E-state index contributed by atoms with van der Waals surface area (Å²) in [6.07, 6.45) is 3.08. The van der Waals surface area contributed by atoms with Crippen molar-refractivity contribution in [3.8, 4) is 17.2 Å². The lowest BCUT2D eigenvalue weighted by molar-refractivity contribution is 0.0617. The van der Waals surface area contributed by atoms with E-state index in [2.05, 4.69) is 11.1 Å². The molecule has 0 amide bonds. The van der Waals surface area contributed by atoms with Crippen LogP contribution in [0.3, 0.4) is 0 Å². The number of imidazole rings is 1. The molecule has 1 aromatic heterocycles. The van der Waals surface area contributed by atoms with Crippen molar-refractivity contribution in [2.45, 2.75) is 19.6 Å². The van der Waals surface area contributed by atoms with Crippen molar-refractivity contribution < 1.29 is 14.6 Å². The predicted octanol–water partition coefficient (Wildman–Crippen LogP) is 5.27. The Balaban J connectivity index is 1.75. The SMILES string of the molecule is Cc1c(C(OCc2ccc(C(=O)O)cc2)c2cncn2C)ccc(C#N)c1-c1ccccc1. The molecule has 0 bridgehead atoms. The van der Waals surface area contributed by atoms with E-state index in [-0.39, 0.29) is 12.2 Å². The van der Waals surface area contributed by atoms with Crippen molar-refractivity contribution in [1.82, 2.24) is 9.55 Å². The minimum absolute atomic E-state index is 0.234. The predicted molar refractivity (Wildman–Crippen MR) is 125 cm³/mol. The van der Waals surface area contributed by atoms with Gasteiger partial charge in [0.1, 0.15) is 6.10 Å². The molecule has 33 heavy (non-hydrogen) atoms. The first kappa shape index (κ1) is 22.0. The van der Waals surface area contributed by atoms with Crippen LogP contribution in [0.15, 0.2) is 79.3 Å². The van der Waals surface area contributed by atoms with Gasteiger partial charge < -0.3 is 14.4 Å². The molecule has 0 spiro atoms. The molecule has 3 aromatic carbocycles. The second kappa shape index (κ2) is 9.51. The average molecular weight is 437 g/mol. The van der Waals surface area contributed by atoms with E-state index in [1.807, 2.05) is 61.0 Å². The van der Waals surface area contributed by atoms with E-state index in [1.54, 1.807) is 36.8 Å². The van der Waals surface area contributed by atoms with Crippen molar-refractivity contribution in [3.63, 3.8) is 0 Å². The Morgan fingerprint density at radius 2 is 1.85 bits per heavy atom. The van der Waals surface area contributed by atoms with Crippen LogP contribution < -0.4 is 0 Å². The number of aromatic carboxylic acids is 1. The summed E-state index contributed by atoms with van der Waals surface area (Å²) in [5, 5.41) is 18.9. The largest absolute Gasteiger partial charge is 0.478 e. The van der Waals surface area contributed by atoms with Crippen molar-refractivity contribution in [3.05, 3.63) is 113 Å². The highest BCUT2D eigenvalue weighted by Gasteiger charge is 2.23. The Bertz CT molecular complexity index is 1320. The number of carboxylic acids is 1. The zero-order valence-corrected chi connectivity index (χ0v) is 18.4. The molecule has 4 rings (SSSR count). The van der Waals surface area contributed by atoms with Gasteiger partial charge in [-0.3, -0.25) is 0 Å². The summed E-state index contributed by atoms with van der Waals surface area (Å²) in [5.41, 5.74) is 6.35. The van der Waals surface area contributed by atoms with Gasteiger partial charge in [0.05, 0.1) is 42.0 Å². The van der Waals surface area contributed by atoms with Gasteiger partial charge in [0.15, 0.2) is 0 Å². The molecular weight excluding hydrogens is 414 g/mol. The molecule has 1 heterocycles. The molecule has 0 aliphatic carbocycles. The van der Waals surface area contributed by atoms with Gasteiger partial charge in [-0.1, -0.05) is 48.5 Å². The number of aromatic nitrogens is 2. The number of aryl methyl sites for hydroxylation is 1. The van der Waals surface area contributed by atoms with Gasteiger partial charge in [0, 0.05) is 12.6 Å². The van der Waals surface area contributed by atoms with Gasteiger partial charge in [-0.2, -0.15) is 5.26 Å². The van der Waals surface area contributed by atoms with Gasteiger partial charge in [0.25, 0.3) is 0 Å². The van der Waals surface area contributed by atoms with Crippen molar-refractivity contribution in [1.29, 1.82) is 5.26 Å². The fourth-order valence-corrected chi connectivity index (χ4v) is 3.96. The van der Waals surface area contributed by atoms with Crippen LogP contribution in [-0.2, 0) is 18.4 Å². The summed E-state index contributed by atoms with van der Waals surface area (Å²) in [7, 11) is 1.91. The number of hydrogen-bond donors (Lipinski definition) is 1. The molecule has 0 aliphatic heterocycles. The number of ether oxygens (including phenoxy) is 1. The Labute approximate surface area is 192 Å². The van der Waals surface area contributed by atoms with Crippen molar-refractivity contribution >= 4 is 5.97 Å². The molecule has 4 aromatic rings. The van der Waals surface area contributed by atoms with Gasteiger partial charge in [-0.25, -0.2) is 9.78 Å². The molecule has 0 fully saturated rings. The maximum absolute atomic E-state index is 11.1. The summed E-state index contributed by atoms with van der Waals surface area (Å²) in [4.78, 5) is 15.4. The van der Waals surface area contributed by atoms with Crippen LogP contribution in [0.2, 0.25) is 0 Å². The molecule has 6 heteroatoms. The lowest BCUT2D eigenvalue weighted by atomic mass is 9.89. The zero-order chi connectivity index (χ0) is 23.4.